The maximum atomic E-state index is 11.9. The molecule has 94 valence electrons. The van der Waals surface area contributed by atoms with Crippen molar-refractivity contribution in [2.75, 3.05) is 14.1 Å². The van der Waals surface area contributed by atoms with Crippen molar-refractivity contribution in [1.82, 2.24) is 4.90 Å². The van der Waals surface area contributed by atoms with Crippen LogP contribution in [-0.2, 0) is 0 Å². The molecule has 1 aromatic carbocycles. The van der Waals surface area contributed by atoms with Crippen molar-refractivity contribution in [3.05, 3.63) is 41.8 Å². The van der Waals surface area contributed by atoms with E-state index in [2.05, 4.69) is 0 Å². The number of fused-ring (bicyclic) bond motifs is 1. The molecular formula is C14H15NO3. The third-order valence-corrected chi connectivity index (χ3v) is 2.69. The van der Waals surface area contributed by atoms with Gasteiger partial charge in [-0.3, -0.25) is 4.79 Å². The molecule has 1 aromatic heterocycles. The van der Waals surface area contributed by atoms with E-state index in [9.17, 15) is 9.90 Å². The maximum Gasteiger partial charge on any atom is 0.191 e. The highest BCUT2D eigenvalue weighted by Crippen LogP contribution is 2.32. The van der Waals surface area contributed by atoms with Gasteiger partial charge in [-0.05, 0) is 24.6 Å². The predicted molar refractivity (Wildman–Crippen MR) is 69.8 cm³/mol. The fourth-order valence-corrected chi connectivity index (χ4v) is 1.77. The fourth-order valence-electron chi connectivity index (χ4n) is 1.77. The summed E-state index contributed by atoms with van der Waals surface area (Å²) in [7, 11) is 3.65. The predicted octanol–water partition coefficient (Wildman–Crippen LogP) is 2.70. The van der Waals surface area contributed by atoms with Crippen LogP contribution in [0.25, 0.3) is 11.0 Å². The van der Waals surface area contributed by atoms with E-state index in [-0.39, 0.29) is 17.1 Å². The van der Waals surface area contributed by atoms with E-state index in [0.717, 1.165) is 5.56 Å². The largest absolute Gasteiger partial charge is 0.506 e. The van der Waals surface area contributed by atoms with Crippen LogP contribution in [0.5, 0.6) is 5.75 Å². The topological polar surface area (TPSA) is 53.7 Å². The Morgan fingerprint density at radius 2 is 2.11 bits per heavy atom. The number of furan rings is 1. The molecule has 2 aromatic rings. The van der Waals surface area contributed by atoms with Gasteiger partial charge in [-0.25, -0.2) is 0 Å². The zero-order chi connectivity index (χ0) is 13.3. The Bertz CT molecular complexity index is 623. The van der Waals surface area contributed by atoms with Crippen LogP contribution < -0.4 is 0 Å². The second kappa shape index (κ2) is 4.56. The second-order valence-electron chi connectivity index (χ2n) is 4.40. The normalized spacial score (nSPS) is 11.3. The van der Waals surface area contributed by atoms with Crippen LogP contribution in [0.15, 0.2) is 35.1 Å². The molecule has 0 saturated carbocycles. The van der Waals surface area contributed by atoms with E-state index in [0.29, 0.717) is 11.0 Å². The number of hydrogen-bond donors (Lipinski definition) is 1. The number of phenols is 1. The molecule has 0 fully saturated rings. The third-order valence-electron chi connectivity index (χ3n) is 2.69. The summed E-state index contributed by atoms with van der Waals surface area (Å²) in [5, 5.41) is 10.7. The molecule has 0 saturated heterocycles. The molecule has 2 rings (SSSR count). The Balaban J connectivity index is 2.49. The summed E-state index contributed by atoms with van der Waals surface area (Å²) in [6.07, 6.45) is 4.64. The van der Waals surface area contributed by atoms with Crippen molar-refractivity contribution >= 4 is 16.8 Å². The Kier molecular flexibility index (Phi) is 3.10. The molecule has 0 spiro atoms. The average molecular weight is 245 g/mol. The van der Waals surface area contributed by atoms with Gasteiger partial charge in [0.2, 0.25) is 0 Å². The summed E-state index contributed by atoms with van der Waals surface area (Å²) in [5.74, 6) is -0.254. The van der Waals surface area contributed by atoms with Crippen molar-refractivity contribution < 1.29 is 14.3 Å². The first-order valence-electron chi connectivity index (χ1n) is 5.59. The first-order chi connectivity index (χ1) is 8.50. The quantitative estimate of drug-likeness (QED) is 0.667. The monoisotopic (exact) mass is 245 g/mol. The van der Waals surface area contributed by atoms with E-state index in [1.807, 2.05) is 21.0 Å². The van der Waals surface area contributed by atoms with Gasteiger partial charge >= 0.3 is 0 Å². The lowest BCUT2D eigenvalue weighted by Crippen LogP contribution is -2.03. The molecule has 1 heterocycles. The number of hydrogen-bond acceptors (Lipinski definition) is 4. The van der Waals surface area contributed by atoms with Gasteiger partial charge in [0.25, 0.3) is 0 Å². The first kappa shape index (κ1) is 12.2. The van der Waals surface area contributed by atoms with E-state index in [4.69, 9.17) is 4.42 Å². The van der Waals surface area contributed by atoms with Gasteiger partial charge < -0.3 is 14.4 Å². The number of benzene rings is 1. The van der Waals surface area contributed by atoms with E-state index in [1.165, 1.54) is 6.08 Å². The molecule has 0 bridgehead atoms. The highest BCUT2D eigenvalue weighted by atomic mass is 16.3. The summed E-state index contributed by atoms with van der Waals surface area (Å²) >= 11 is 0. The fraction of sp³-hybridized carbons (Fsp3) is 0.214. The molecule has 0 aliphatic carbocycles. The van der Waals surface area contributed by atoms with E-state index >= 15 is 0 Å². The smallest absolute Gasteiger partial charge is 0.191 e. The molecule has 0 amide bonds. The van der Waals surface area contributed by atoms with Gasteiger partial charge in [-0.15, -0.1) is 0 Å². The number of nitrogens with zero attached hydrogens (tertiary/aromatic N) is 1. The van der Waals surface area contributed by atoms with Gasteiger partial charge in [-0.2, -0.15) is 0 Å². The van der Waals surface area contributed by atoms with E-state index in [1.54, 1.807) is 29.5 Å². The molecule has 0 atom stereocenters. The second-order valence-corrected chi connectivity index (χ2v) is 4.40. The summed E-state index contributed by atoms with van der Waals surface area (Å²) in [6, 6.07) is 3.27. The Morgan fingerprint density at radius 1 is 1.39 bits per heavy atom. The molecule has 0 unspecified atom stereocenters. The zero-order valence-electron chi connectivity index (χ0n) is 10.6. The maximum absolute atomic E-state index is 11.9. The minimum absolute atomic E-state index is 0.0212. The van der Waals surface area contributed by atoms with Crippen LogP contribution >= 0.6 is 0 Å². The third kappa shape index (κ3) is 2.09. The van der Waals surface area contributed by atoms with Crippen LogP contribution in [0.2, 0.25) is 0 Å². The molecule has 4 heteroatoms. The van der Waals surface area contributed by atoms with Crippen molar-refractivity contribution in [3.63, 3.8) is 0 Å². The lowest BCUT2D eigenvalue weighted by Gasteiger charge is -2.05. The lowest BCUT2D eigenvalue weighted by atomic mass is 10.0. The number of rotatable bonds is 3. The molecule has 0 aliphatic rings. The van der Waals surface area contributed by atoms with Crippen LogP contribution in [0.3, 0.4) is 0 Å². The summed E-state index contributed by atoms with van der Waals surface area (Å²) < 4.78 is 5.26. The number of allylic oxidation sites excluding steroid dienone is 1. The van der Waals surface area contributed by atoms with Crippen molar-refractivity contribution in [2.45, 2.75) is 6.92 Å². The number of carbonyl (C=O) groups is 1. The highest BCUT2D eigenvalue weighted by Gasteiger charge is 2.15. The first-order valence-corrected chi connectivity index (χ1v) is 5.59. The molecule has 0 aliphatic heterocycles. The molecule has 1 N–H and O–H groups in total. The number of carbonyl (C=O) groups excluding carboxylic acids is 1. The number of ketones is 1. The minimum atomic E-state index is -0.233. The van der Waals surface area contributed by atoms with Crippen molar-refractivity contribution in [2.24, 2.45) is 0 Å². The minimum Gasteiger partial charge on any atom is -0.506 e. The van der Waals surface area contributed by atoms with Crippen molar-refractivity contribution in [1.29, 1.82) is 0 Å². The van der Waals surface area contributed by atoms with Crippen molar-refractivity contribution in [3.8, 4) is 5.75 Å². The standard InChI is InChI=1S/C14H15NO3/c1-9-8-18-12-5-4-10(14(17)13(9)12)11(16)6-7-15(2)3/h4-8,17H,1-3H3/b7-6+. The SMILES string of the molecule is Cc1coc2ccc(C(=O)/C=C/N(C)C)c(O)c12. The van der Waals surface area contributed by atoms with Gasteiger partial charge in [0.15, 0.2) is 5.78 Å². The molecule has 0 radical (unpaired) electrons. The zero-order valence-corrected chi connectivity index (χ0v) is 10.6. The molecule has 4 nitrogen and oxygen atoms in total. The Morgan fingerprint density at radius 3 is 2.78 bits per heavy atom. The van der Waals surface area contributed by atoms with E-state index < -0.39 is 0 Å². The van der Waals surface area contributed by atoms with Gasteiger partial charge in [-0.1, -0.05) is 0 Å². The van der Waals surface area contributed by atoms with Gasteiger partial charge in [0.1, 0.15) is 11.3 Å². The van der Waals surface area contributed by atoms with Crippen LogP contribution in [-0.4, -0.2) is 29.9 Å². The van der Waals surface area contributed by atoms with Gasteiger partial charge in [0, 0.05) is 26.4 Å². The Labute approximate surface area is 105 Å². The number of aryl methyl sites for hydroxylation is 1. The molecule has 18 heavy (non-hydrogen) atoms. The molecular weight excluding hydrogens is 230 g/mol. The van der Waals surface area contributed by atoms with Crippen LogP contribution in [0.1, 0.15) is 15.9 Å². The van der Waals surface area contributed by atoms with Gasteiger partial charge in [0.05, 0.1) is 17.2 Å². The highest BCUT2D eigenvalue weighted by molar-refractivity contribution is 6.10. The lowest BCUT2D eigenvalue weighted by molar-refractivity contribution is 0.104. The summed E-state index contributed by atoms with van der Waals surface area (Å²) in [5.41, 5.74) is 1.68. The average Bonchev–Trinajstić information content (AvgIpc) is 2.69. The van der Waals surface area contributed by atoms with Crippen LogP contribution in [0.4, 0.5) is 0 Å². The Hall–Kier alpha value is -2.23. The number of phenolic OH excluding ortho intramolecular Hbond substituents is 1. The summed E-state index contributed by atoms with van der Waals surface area (Å²) in [4.78, 5) is 13.7. The van der Waals surface area contributed by atoms with Crippen LogP contribution in [0, 0.1) is 6.92 Å². The summed E-state index contributed by atoms with van der Waals surface area (Å²) in [6.45, 7) is 1.83. The number of aromatic hydroxyl groups is 1.